The molecule has 0 aromatic heterocycles. The van der Waals surface area contributed by atoms with E-state index < -0.39 is 0 Å². The normalized spacial score (nSPS) is 26.1. The van der Waals surface area contributed by atoms with Crippen LogP contribution < -0.4 is 5.73 Å². The van der Waals surface area contributed by atoms with Crippen molar-refractivity contribution in [1.29, 1.82) is 0 Å². The number of ether oxygens (including phenoxy) is 1. The highest BCUT2D eigenvalue weighted by atomic mass is 19.1. The maximum atomic E-state index is 13.1. The van der Waals surface area contributed by atoms with Crippen molar-refractivity contribution < 1.29 is 13.9 Å². The van der Waals surface area contributed by atoms with Gasteiger partial charge in [0, 0.05) is 38.8 Å². The number of halogens is 1. The van der Waals surface area contributed by atoms with E-state index in [2.05, 4.69) is 0 Å². The van der Waals surface area contributed by atoms with Gasteiger partial charge in [0.1, 0.15) is 5.82 Å². The van der Waals surface area contributed by atoms with E-state index >= 15 is 0 Å². The number of hydrogen-bond acceptors (Lipinski definition) is 3. The average molecular weight is 320 g/mol. The van der Waals surface area contributed by atoms with Gasteiger partial charge in [-0.2, -0.15) is 0 Å². The van der Waals surface area contributed by atoms with Gasteiger partial charge in [0.15, 0.2) is 0 Å². The molecule has 0 spiro atoms. The molecule has 4 nitrogen and oxygen atoms in total. The van der Waals surface area contributed by atoms with Crippen LogP contribution in [-0.2, 0) is 9.53 Å². The lowest BCUT2D eigenvalue weighted by Crippen LogP contribution is -2.51. The van der Waals surface area contributed by atoms with Crippen molar-refractivity contribution in [3.8, 4) is 0 Å². The van der Waals surface area contributed by atoms with Crippen molar-refractivity contribution in [1.82, 2.24) is 4.90 Å². The van der Waals surface area contributed by atoms with E-state index in [4.69, 9.17) is 10.5 Å². The van der Waals surface area contributed by atoms with E-state index in [9.17, 15) is 9.18 Å². The highest BCUT2D eigenvalue weighted by Gasteiger charge is 2.51. The summed E-state index contributed by atoms with van der Waals surface area (Å²) in [6, 6.07) is 6.46. The second-order valence-corrected chi connectivity index (χ2v) is 6.88. The Bertz CT molecular complexity index is 557. The molecule has 1 saturated heterocycles. The van der Waals surface area contributed by atoms with Crippen LogP contribution in [0.4, 0.5) is 4.39 Å². The van der Waals surface area contributed by atoms with Gasteiger partial charge >= 0.3 is 0 Å². The summed E-state index contributed by atoms with van der Waals surface area (Å²) in [5, 5.41) is 0. The van der Waals surface area contributed by atoms with Crippen molar-refractivity contribution in [2.45, 2.75) is 37.6 Å². The maximum Gasteiger partial charge on any atom is 0.228 e. The van der Waals surface area contributed by atoms with Crippen LogP contribution >= 0.6 is 0 Å². The van der Waals surface area contributed by atoms with Crippen LogP contribution in [0.5, 0.6) is 0 Å². The first-order chi connectivity index (χ1) is 11.1. The van der Waals surface area contributed by atoms with Crippen molar-refractivity contribution in [3.63, 3.8) is 0 Å². The number of carbonyl (C=O) groups is 1. The van der Waals surface area contributed by atoms with Gasteiger partial charge < -0.3 is 15.4 Å². The van der Waals surface area contributed by atoms with Crippen LogP contribution in [0.3, 0.4) is 0 Å². The zero-order chi connectivity index (χ0) is 16.4. The Morgan fingerprint density at radius 1 is 1.39 bits per heavy atom. The number of amides is 1. The molecular formula is C18H25FN2O2. The Balaban J connectivity index is 1.62. The van der Waals surface area contributed by atoms with Crippen molar-refractivity contribution in [2.24, 2.45) is 11.1 Å². The summed E-state index contributed by atoms with van der Waals surface area (Å²) >= 11 is 0. The number of nitrogens with two attached hydrogens (primary N) is 1. The molecule has 2 N–H and O–H groups in total. The quantitative estimate of drug-likeness (QED) is 0.905. The number of methoxy groups -OCH3 is 1. The third kappa shape index (κ3) is 3.40. The molecule has 1 aromatic carbocycles. The molecule has 3 rings (SSSR count). The molecule has 1 aromatic rings. The molecule has 2 aliphatic rings. The lowest BCUT2D eigenvalue weighted by Gasteiger charge is -2.38. The number of benzene rings is 1. The van der Waals surface area contributed by atoms with Crippen molar-refractivity contribution in [2.75, 3.05) is 26.8 Å². The minimum absolute atomic E-state index is 0.101. The summed E-state index contributed by atoms with van der Waals surface area (Å²) in [6.07, 6.45) is 3.55. The zero-order valence-electron chi connectivity index (χ0n) is 13.6. The maximum absolute atomic E-state index is 13.1. The van der Waals surface area contributed by atoms with Gasteiger partial charge in [-0.1, -0.05) is 12.1 Å². The molecule has 126 valence electrons. The minimum Gasteiger partial charge on any atom is -0.385 e. The lowest BCUT2D eigenvalue weighted by atomic mass is 9.85. The standard InChI is InChI=1S/C18H25FN2O2/c1-23-11-9-18(7-8-18)17(22)21-10-6-15(16(20)12-21)13-2-4-14(19)5-3-13/h2-5,15-16H,6-12,20H2,1H3/t15-,16+/m1/s1. The molecule has 1 heterocycles. The number of rotatable bonds is 5. The molecule has 23 heavy (non-hydrogen) atoms. The van der Waals surface area contributed by atoms with E-state index in [0.29, 0.717) is 13.2 Å². The highest BCUT2D eigenvalue weighted by Crippen LogP contribution is 2.50. The molecule has 2 fully saturated rings. The predicted molar refractivity (Wildman–Crippen MR) is 86.5 cm³/mol. The Morgan fingerprint density at radius 2 is 2.09 bits per heavy atom. The Hall–Kier alpha value is -1.46. The summed E-state index contributed by atoms with van der Waals surface area (Å²) < 4.78 is 18.2. The molecular weight excluding hydrogens is 295 g/mol. The third-order valence-electron chi connectivity index (χ3n) is 5.34. The Labute approximate surface area is 136 Å². The summed E-state index contributed by atoms with van der Waals surface area (Å²) in [5.41, 5.74) is 7.19. The molecule has 0 bridgehead atoms. The van der Waals surface area contributed by atoms with Crippen molar-refractivity contribution >= 4 is 5.91 Å². The van der Waals surface area contributed by atoms with E-state index in [1.54, 1.807) is 19.2 Å². The smallest absolute Gasteiger partial charge is 0.228 e. The first kappa shape index (κ1) is 16.4. The number of nitrogens with zero attached hydrogens (tertiary/aromatic N) is 1. The number of piperidine rings is 1. The number of carbonyl (C=O) groups excluding carboxylic acids is 1. The van der Waals surface area contributed by atoms with E-state index in [1.807, 2.05) is 4.90 Å². The topological polar surface area (TPSA) is 55.6 Å². The highest BCUT2D eigenvalue weighted by molar-refractivity contribution is 5.85. The fourth-order valence-electron chi connectivity index (χ4n) is 3.64. The SMILES string of the molecule is COCCC1(C(=O)N2CC[C@H](c3ccc(F)cc3)[C@@H](N)C2)CC1. The van der Waals surface area contributed by atoms with Gasteiger partial charge in [-0.3, -0.25) is 4.79 Å². The predicted octanol–water partition coefficient (Wildman–Crippen LogP) is 2.29. The van der Waals surface area contributed by atoms with E-state index in [0.717, 1.165) is 37.8 Å². The third-order valence-corrected chi connectivity index (χ3v) is 5.34. The molecule has 1 aliphatic carbocycles. The molecule has 0 radical (unpaired) electrons. The molecule has 1 saturated carbocycles. The monoisotopic (exact) mass is 320 g/mol. The minimum atomic E-state index is -0.233. The molecule has 1 aliphatic heterocycles. The van der Waals surface area contributed by atoms with Crippen LogP contribution in [0.25, 0.3) is 0 Å². The van der Waals surface area contributed by atoms with Crippen LogP contribution in [0, 0.1) is 11.2 Å². The van der Waals surface area contributed by atoms with Crippen molar-refractivity contribution in [3.05, 3.63) is 35.6 Å². The first-order valence-electron chi connectivity index (χ1n) is 8.35. The lowest BCUT2D eigenvalue weighted by molar-refractivity contribution is -0.139. The largest absolute Gasteiger partial charge is 0.385 e. The van der Waals surface area contributed by atoms with Gasteiger partial charge in [-0.05, 0) is 43.4 Å². The Morgan fingerprint density at radius 3 is 2.65 bits per heavy atom. The van der Waals surface area contributed by atoms with Gasteiger partial charge in [-0.25, -0.2) is 4.39 Å². The average Bonchev–Trinajstić information content (AvgIpc) is 3.34. The van der Waals surface area contributed by atoms with Gasteiger partial charge in [0.25, 0.3) is 0 Å². The van der Waals surface area contributed by atoms with E-state index in [1.165, 1.54) is 12.1 Å². The van der Waals surface area contributed by atoms with Gasteiger partial charge in [0.2, 0.25) is 5.91 Å². The summed E-state index contributed by atoms with van der Waals surface area (Å²) in [7, 11) is 1.67. The first-order valence-corrected chi connectivity index (χ1v) is 8.35. The molecule has 5 heteroatoms. The van der Waals surface area contributed by atoms with Crippen LogP contribution in [0.15, 0.2) is 24.3 Å². The van der Waals surface area contributed by atoms with Crippen LogP contribution in [0.2, 0.25) is 0 Å². The summed E-state index contributed by atoms with van der Waals surface area (Å²) in [4.78, 5) is 14.7. The van der Waals surface area contributed by atoms with Gasteiger partial charge in [0.05, 0.1) is 5.41 Å². The molecule has 2 atom stereocenters. The summed E-state index contributed by atoms with van der Waals surface area (Å²) in [6.45, 7) is 1.93. The molecule has 0 unspecified atom stereocenters. The van der Waals surface area contributed by atoms with E-state index in [-0.39, 0.29) is 29.1 Å². The number of hydrogen-bond donors (Lipinski definition) is 1. The second kappa shape index (κ2) is 6.57. The van der Waals surface area contributed by atoms with Crippen LogP contribution in [-0.4, -0.2) is 43.7 Å². The fourth-order valence-corrected chi connectivity index (χ4v) is 3.64. The van der Waals surface area contributed by atoms with Crippen LogP contribution in [0.1, 0.15) is 37.2 Å². The Kier molecular flexibility index (Phi) is 4.69. The fraction of sp³-hybridized carbons (Fsp3) is 0.611. The molecule has 1 amide bonds. The van der Waals surface area contributed by atoms with Gasteiger partial charge in [-0.15, -0.1) is 0 Å². The second-order valence-electron chi connectivity index (χ2n) is 6.88. The zero-order valence-corrected chi connectivity index (χ0v) is 13.6. The number of likely N-dealkylation sites (tertiary alicyclic amines) is 1. The summed E-state index contributed by atoms with van der Waals surface area (Å²) in [5.74, 6) is 0.195.